The number of hydrogen-bond donors (Lipinski definition) is 3. The molecule has 1 heterocycles. The third kappa shape index (κ3) is 2.03. The van der Waals surface area contributed by atoms with Gasteiger partial charge < -0.3 is 10.2 Å². The van der Waals surface area contributed by atoms with E-state index in [4.69, 9.17) is 0 Å². The molecule has 0 saturated heterocycles. The molecular weight excluding hydrogens is 224 g/mol. The number of phenolic OH excluding ortho intramolecular Hbond substituents is 2. The Kier molecular flexibility index (Phi) is 2.65. The number of aromatic amines is 1. The van der Waals surface area contributed by atoms with Crippen LogP contribution in [0, 0.1) is 6.92 Å². The highest BCUT2D eigenvalue weighted by Gasteiger charge is 2.04. The van der Waals surface area contributed by atoms with Crippen LogP contribution in [0.3, 0.4) is 0 Å². The van der Waals surface area contributed by atoms with Gasteiger partial charge in [0.25, 0.3) is 0 Å². The predicted molar refractivity (Wildman–Crippen MR) is 60.3 cm³/mol. The van der Waals surface area contributed by atoms with Gasteiger partial charge >= 0.3 is 5.69 Å². The second-order valence-electron chi connectivity index (χ2n) is 3.35. The van der Waals surface area contributed by atoms with Gasteiger partial charge in [0.1, 0.15) is 0 Å². The van der Waals surface area contributed by atoms with Gasteiger partial charge in [0.05, 0.1) is 6.21 Å². The summed E-state index contributed by atoms with van der Waals surface area (Å²) in [5.41, 5.74) is -0.170. The highest BCUT2D eigenvalue weighted by molar-refractivity contribution is 5.84. The van der Waals surface area contributed by atoms with Gasteiger partial charge in [0.15, 0.2) is 17.3 Å². The van der Waals surface area contributed by atoms with E-state index < -0.39 is 5.69 Å². The van der Waals surface area contributed by atoms with Gasteiger partial charge in [0.2, 0.25) is 0 Å². The molecule has 17 heavy (non-hydrogen) atoms. The fourth-order valence-electron chi connectivity index (χ4n) is 1.28. The zero-order chi connectivity index (χ0) is 12.4. The third-order valence-electron chi connectivity index (χ3n) is 2.17. The average molecular weight is 234 g/mol. The number of hydrogen-bond acceptors (Lipinski definition) is 5. The largest absolute Gasteiger partial charge is 0.504 e. The van der Waals surface area contributed by atoms with E-state index in [1.54, 1.807) is 19.1 Å². The van der Waals surface area contributed by atoms with E-state index in [2.05, 4.69) is 15.3 Å². The van der Waals surface area contributed by atoms with Crippen LogP contribution in [-0.4, -0.2) is 31.3 Å². The first-order chi connectivity index (χ1) is 8.09. The van der Waals surface area contributed by atoms with E-state index in [-0.39, 0.29) is 11.5 Å². The summed E-state index contributed by atoms with van der Waals surface area (Å²) in [6.07, 6.45) is 1.26. The Labute approximate surface area is 95.7 Å². The van der Waals surface area contributed by atoms with Crippen molar-refractivity contribution in [1.82, 2.24) is 14.9 Å². The maximum absolute atomic E-state index is 11.2. The van der Waals surface area contributed by atoms with Gasteiger partial charge in [-0.1, -0.05) is 6.07 Å². The lowest BCUT2D eigenvalue weighted by atomic mass is 10.2. The predicted octanol–water partition coefficient (Wildman–Crippen LogP) is 0.173. The van der Waals surface area contributed by atoms with Crippen LogP contribution in [0.2, 0.25) is 0 Å². The molecule has 0 amide bonds. The molecule has 7 heteroatoms. The molecule has 0 bridgehead atoms. The van der Waals surface area contributed by atoms with E-state index in [9.17, 15) is 15.0 Å². The van der Waals surface area contributed by atoms with E-state index in [1.807, 2.05) is 0 Å². The molecule has 88 valence electrons. The molecule has 2 aromatic rings. The summed E-state index contributed by atoms with van der Waals surface area (Å²) >= 11 is 0. The maximum Gasteiger partial charge on any atom is 0.364 e. The summed E-state index contributed by atoms with van der Waals surface area (Å²) in [7, 11) is 0. The highest BCUT2D eigenvalue weighted by atomic mass is 16.3. The Bertz CT molecular complexity index is 627. The summed E-state index contributed by atoms with van der Waals surface area (Å²) < 4.78 is 1.05. The lowest BCUT2D eigenvalue weighted by Gasteiger charge is -2.00. The number of rotatable bonds is 2. The molecule has 0 aliphatic rings. The zero-order valence-electron chi connectivity index (χ0n) is 8.95. The van der Waals surface area contributed by atoms with Crippen molar-refractivity contribution in [3.05, 3.63) is 40.1 Å². The van der Waals surface area contributed by atoms with Crippen molar-refractivity contribution in [3.8, 4) is 11.5 Å². The number of para-hydroxylation sites is 1. The lowest BCUT2D eigenvalue weighted by molar-refractivity contribution is 0.403. The number of nitrogens with zero attached hydrogens (tertiary/aromatic N) is 3. The van der Waals surface area contributed by atoms with Crippen LogP contribution in [0.25, 0.3) is 0 Å². The molecule has 0 unspecified atom stereocenters. The van der Waals surface area contributed by atoms with Crippen LogP contribution >= 0.6 is 0 Å². The fraction of sp³-hybridized carbons (Fsp3) is 0.100. The Morgan fingerprint density at radius 3 is 2.88 bits per heavy atom. The second-order valence-corrected chi connectivity index (χ2v) is 3.35. The summed E-state index contributed by atoms with van der Waals surface area (Å²) in [6, 6.07) is 4.46. The minimum atomic E-state index is -0.474. The summed E-state index contributed by atoms with van der Waals surface area (Å²) in [4.78, 5) is 11.2. The minimum Gasteiger partial charge on any atom is -0.504 e. The maximum atomic E-state index is 11.2. The Morgan fingerprint density at radius 1 is 1.47 bits per heavy atom. The van der Waals surface area contributed by atoms with E-state index in [1.165, 1.54) is 12.3 Å². The van der Waals surface area contributed by atoms with Crippen LogP contribution in [0.1, 0.15) is 11.4 Å². The van der Waals surface area contributed by atoms with Gasteiger partial charge in [-0.15, -0.1) is 0 Å². The molecule has 1 aromatic carbocycles. The molecule has 1 aromatic heterocycles. The standard InChI is InChI=1S/C10H10N4O3/c1-6-12-13-10(17)14(6)11-5-7-3-2-4-8(15)9(7)16/h2-5,15-16H,1H3,(H,13,17)/b11-5+. The van der Waals surface area contributed by atoms with Crippen molar-refractivity contribution in [2.45, 2.75) is 6.92 Å². The zero-order valence-corrected chi connectivity index (χ0v) is 8.95. The molecule has 0 radical (unpaired) electrons. The molecule has 3 N–H and O–H groups in total. The van der Waals surface area contributed by atoms with Crippen molar-refractivity contribution in [2.24, 2.45) is 5.10 Å². The van der Waals surface area contributed by atoms with Crippen LogP contribution in [-0.2, 0) is 0 Å². The molecule has 0 fully saturated rings. The van der Waals surface area contributed by atoms with Crippen molar-refractivity contribution in [1.29, 1.82) is 0 Å². The molecule has 0 aliphatic heterocycles. The van der Waals surface area contributed by atoms with Crippen molar-refractivity contribution >= 4 is 6.21 Å². The fourth-order valence-corrected chi connectivity index (χ4v) is 1.28. The van der Waals surface area contributed by atoms with Gasteiger partial charge in [-0.3, -0.25) is 0 Å². The number of nitrogens with one attached hydrogen (secondary N) is 1. The molecule has 2 rings (SSSR count). The van der Waals surface area contributed by atoms with Crippen molar-refractivity contribution in [2.75, 3.05) is 0 Å². The number of aryl methyl sites for hydroxylation is 1. The summed E-state index contributed by atoms with van der Waals surface area (Å²) in [6.45, 7) is 1.61. The summed E-state index contributed by atoms with van der Waals surface area (Å²) in [5.74, 6) is -0.137. The average Bonchev–Trinajstić information content (AvgIpc) is 2.62. The van der Waals surface area contributed by atoms with Gasteiger partial charge in [-0.25, -0.2) is 9.89 Å². The normalized spacial score (nSPS) is 11.1. The minimum absolute atomic E-state index is 0.245. The first-order valence-electron chi connectivity index (χ1n) is 4.79. The SMILES string of the molecule is Cc1n[nH]c(=O)n1/N=C/c1cccc(O)c1O. The summed E-state index contributed by atoms with van der Waals surface area (Å²) in [5, 5.41) is 28.5. The van der Waals surface area contributed by atoms with Gasteiger partial charge in [-0.05, 0) is 19.1 Å². The first-order valence-corrected chi connectivity index (χ1v) is 4.79. The van der Waals surface area contributed by atoms with Crippen molar-refractivity contribution in [3.63, 3.8) is 0 Å². The second kappa shape index (κ2) is 4.12. The monoisotopic (exact) mass is 234 g/mol. The molecule has 7 nitrogen and oxygen atoms in total. The number of benzene rings is 1. The highest BCUT2D eigenvalue weighted by Crippen LogP contribution is 2.26. The van der Waals surface area contributed by atoms with Crippen LogP contribution in [0.15, 0.2) is 28.1 Å². The Balaban J connectivity index is 2.39. The van der Waals surface area contributed by atoms with Gasteiger partial charge in [0, 0.05) is 5.56 Å². The Hall–Kier alpha value is -2.57. The molecular formula is C10H10N4O3. The smallest absolute Gasteiger partial charge is 0.364 e. The van der Waals surface area contributed by atoms with Crippen LogP contribution in [0.5, 0.6) is 11.5 Å². The number of aromatic nitrogens is 3. The quantitative estimate of drug-likeness (QED) is 0.509. The first kappa shape index (κ1) is 10.9. The lowest BCUT2D eigenvalue weighted by Crippen LogP contribution is -2.13. The molecule has 0 spiro atoms. The molecule has 0 aliphatic carbocycles. The number of phenols is 2. The van der Waals surface area contributed by atoms with Gasteiger partial charge in [-0.2, -0.15) is 14.9 Å². The molecule has 0 saturated carbocycles. The van der Waals surface area contributed by atoms with E-state index in [0.29, 0.717) is 11.4 Å². The van der Waals surface area contributed by atoms with Crippen molar-refractivity contribution < 1.29 is 10.2 Å². The number of aromatic hydroxyl groups is 2. The Morgan fingerprint density at radius 2 is 2.24 bits per heavy atom. The van der Waals surface area contributed by atoms with E-state index >= 15 is 0 Å². The molecule has 0 atom stereocenters. The topological polar surface area (TPSA) is 104 Å². The van der Waals surface area contributed by atoms with Crippen LogP contribution in [0.4, 0.5) is 0 Å². The number of H-pyrrole nitrogens is 1. The third-order valence-corrected chi connectivity index (χ3v) is 2.17. The van der Waals surface area contributed by atoms with Crippen LogP contribution < -0.4 is 5.69 Å². The van der Waals surface area contributed by atoms with E-state index in [0.717, 1.165) is 4.68 Å².